The first-order chi connectivity index (χ1) is 12.7. The topological polar surface area (TPSA) is 79.0 Å². The summed E-state index contributed by atoms with van der Waals surface area (Å²) in [6, 6.07) is 5.88. The first kappa shape index (κ1) is 21.7. The quantitative estimate of drug-likeness (QED) is 0.764. The van der Waals surface area contributed by atoms with Crippen molar-refractivity contribution in [3.05, 3.63) is 29.3 Å². The lowest BCUT2D eigenvalue weighted by Crippen LogP contribution is -2.47. The van der Waals surface area contributed by atoms with Crippen LogP contribution in [0.25, 0.3) is 0 Å². The van der Waals surface area contributed by atoms with Gasteiger partial charge in [-0.1, -0.05) is 19.1 Å². The van der Waals surface area contributed by atoms with E-state index in [4.69, 9.17) is 4.74 Å². The molecule has 1 saturated heterocycles. The van der Waals surface area contributed by atoms with Gasteiger partial charge in [0.25, 0.3) is 10.2 Å². The maximum Gasteiger partial charge on any atom is 0.281 e. The minimum Gasteiger partial charge on any atom is -0.496 e. The Morgan fingerprint density at radius 2 is 1.96 bits per heavy atom. The maximum atomic E-state index is 12.7. The molecule has 1 N–H and O–H groups in total. The Bertz CT molecular complexity index is 756. The Balaban J connectivity index is 1.99. The molecule has 27 heavy (non-hydrogen) atoms. The number of aryl methyl sites for hydroxylation is 1. The summed E-state index contributed by atoms with van der Waals surface area (Å²) in [6.07, 6.45) is 1.86. The highest BCUT2D eigenvalue weighted by molar-refractivity contribution is 7.86. The molecular formula is C19H31N3O4S. The summed E-state index contributed by atoms with van der Waals surface area (Å²) >= 11 is 0. The smallest absolute Gasteiger partial charge is 0.281 e. The van der Waals surface area contributed by atoms with E-state index in [0.29, 0.717) is 25.9 Å². The summed E-state index contributed by atoms with van der Waals surface area (Å²) in [5, 5.41) is 3.14. The molecule has 2 rings (SSSR count). The van der Waals surface area contributed by atoms with Crippen LogP contribution in [-0.4, -0.2) is 57.2 Å². The summed E-state index contributed by atoms with van der Waals surface area (Å²) in [5.41, 5.74) is 2.08. The van der Waals surface area contributed by atoms with E-state index in [0.717, 1.165) is 23.3 Å². The molecular weight excluding hydrogens is 366 g/mol. The van der Waals surface area contributed by atoms with E-state index in [2.05, 4.69) is 5.32 Å². The Hall–Kier alpha value is -1.64. The van der Waals surface area contributed by atoms with E-state index in [1.807, 2.05) is 32.0 Å². The molecule has 8 heteroatoms. The van der Waals surface area contributed by atoms with Crippen LogP contribution < -0.4 is 10.1 Å². The van der Waals surface area contributed by atoms with Crippen molar-refractivity contribution in [2.24, 2.45) is 5.92 Å². The number of hydrogen-bond donors (Lipinski definition) is 1. The van der Waals surface area contributed by atoms with Gasteiger partial charge in [0.05, 0.1) is 13.2 Å². The van der Waals surface area contributed by atoms with E-state index in [1.165, 1.54) is 22.7 Å². The van der Waals surface area contributed by atoms with Gasteiger partial charge in [-0.2, -0.15) is 17.0 Å². The van der Waals surface area contributed by atoms with Crippen molar-refractivity contribution in [1.82, 2.24) is 13.9 Å². The monoisotopic (exact) mass is 397 g/mol. The fourth-order valence-corrected chi connectivity index (χ4v) is 4.54. The number of nitrogens with one attached hydrogen (secondary N) is 1. The summed E-state index contributed by atoms with van der Waals surface area (Å²) < 4.78 is 32.4. The zero-order valence-electron chi connectivity index (χ0n) is 16.9. The average molecular weight is 398 g/mol. The Kier molecular flexibility index (Phi) is 7.25. The number of piperidine rings is 1. The zero-order chi connectivity index (χ0) is 20.2. The van der Waals surface area contributed by atoms with Crippen molar-refractivity contribution in [2.75, 3.05) is 34.3 Å². The molecule has 1 aliphatic heterocycles. The van der Waals surface area contributed by atoms with Crippen molar-refractivity contribution < 1.29 is 17.9 Å². The van der Waals surface area contributed by atoms with Crippen LogP contribution in [0.4, 0.5) is 0 Å². The molecule has 0 spiro atoms. The highest BCUT2D eigenvalue weighted by Gasteiger charge is 2.32. The van der Waals surface area contributed by atoms with Gasteiger partial charge in [-0.25, -0.2) is 0 Å². The number of nitrogens with zero attached hydrogens (tertiary/aromatic N) is 2. The Morgan fingerprint density at radius 3 is 2.44 bits per heavy atom. The molecule has 1 amide bonds. The minimum atomic E-state index is -3.41. The van der Waals surface area contributed by atoms with Crippen molar-refractivity contribution >= 4 is 16.1 Å². The molecule has 1 heterocycles. The molecule has 1 aromatic carbocycles. The van der Waals surface area contributed by atoms with Crippen molar-refractivity contribution in [3.8, 4) is 5.75 Å². The van der Waals surface area contributed by atoms with Crippen LogP contribution in [0, 0.1) is 12.8 Å². The second-order valence-electron chi connectivity index (χ2n) is 7.16. The van der Waals surface area contributed by atoms with Crippen LogP contribution in [0.15, 0.2) is 18.2 Å². The normalized spacial score (nSPS) is 17.7. The predicted octanol–water partition coefficient (Wildman–Crippen LogP) is 2.09. The fourth-order valence-electron chi connectivity index (χ4n) is 3.41. The van der Waals surface area contributed by atoms with Crippen LogP contribution in [0.3, 0.4) is 0 Å². The van der Waals surface area contributed by atoms with Crippen molar-refractivity contribution in [3.63, 3.8) is 0 Å². The van der Waals surface area contributed by atoms with Crippen molar-refractivity contribution in [1.29, 1.82) is 0 Å². The summed E-state index contributed by atoms with van der Waals surface area (Å²) in [7, 11) is 1.28. The number of rotatable bonds is 7. The highest BCUT2D eigenvalue weighted by Crippen LogP contribution is 2.26. The molecule has 0 aliphatic carbocycles. The predicted molar refractivity (Wildman–Crippen MR) is 106 cm³/mol. The molecule has 0 radical (unpaired) electrons. The second kappa shape index (κ2) is 9.03. The van der Waals surface area contributed by atoms with Gasteiger partial charge < -0.3 is 10.1 Å². The summed E-state index contributed by atoms with van der Waals surface area (Å²) in [5.74, 6) is 0.665. The first-order valence-electron chi connectivity index (χ1n) is 9.33. The molecule has 1 fully saturated rings. The summed E-state index contributed by atoms with van der Waals surface area (Å²) in [4.78, 5) is 12.7. The Morgan fingerprint density at radius 1 is 1.33 bits per heavy atom. The van der Waals surface area contributed by atoms with Gasteiger partial charge in [0, 0.05) is 33.1 Å². The SMILES string of the molecule is CC[C@H](NC(=O)C1CCN(S(=O)(=O)N(C)C)CC1)c1ccc(OC)c(C)c1. The number of ether oxygens (including phenoxy) is 1. The third-order valence-electron chi connectivity index (χ3n) is 5.16. The standard InChI is InChI=1S/C19H31N3O4S/c1-6-17(16-7-8-18(26-5)14(2)13-16)20-19(23)15-9-11-22(12-10-15)27(24,25)21(3)4/h7-8,13,15,17H,6,9-12H2,1-5H3,(H,20,23)/t17-/m0/s1. The number of carbonyl (C=O) groups is 1. The lowest BCUT2D eigenvalue weighted by molar-refractivity contribution is -0.126. The Labute approximate surface area is 162 Å². The fraction of sp³-hybridized carbons (Fsp3) is 0.632. The van der Waals surface area contributed by atoms with Gasteiger partial charge in [0.2, 0.25) is 5.91 Å². The summed E-state index contributed by atoms with van der Waals surface area (Å²) in [6.45, 7) is 4.77. The number of hydrogen-bond acceptors (Lipinski definition) is 4. The lowest BCUT2D eigenvalue weighted by Gasteiger charge is -2.32. The number of methoxy groups -OCH3 is 1. The van der Waals surface area contributed by atoms with Gasteiger partial charge >= 0.3 is 0 Å². The maximum absolute atomic E-state index is 12.7. The van der Waals surface area contributed by atoms with Gasteiger partial charge in [0.15, 0.2) is 0 Å². The van der Waals surface area contributed by atoms with E-state index >= 15 is 0 Å². The molecule has 0 aromatic heterocycles. The number of benzene rings is 1. The minimum absolute atomic E-state index is 0.00257. The lowest BCUT2D eigenvalue weighted by atomic mass is 9.95. The molecule has 0 bridgehead atoms. The van der Waals surface area contributed by atoms with Crippen LogP contribution in [0.5, 0.6) is 5.75 Å². The molecule has 0 saturated carbocycles. The highest BCUT2D eigenvalue weighted by atomic mass is 32.2. The van der Waals surface area contributed by atoms with Crippen LogP contribution in [0.2, 0.25) is 0 Å². The number of carbonyl (C=O) groups excluding carboxylic acids is 1. The largest absolute Gasteiger partial charge is 0.496 e. The van der Waals surface area contributed by atoms with Crippen molar-refractivity contribution in [2.45, 2.75) is 39.2 Å². The zero-order valence-corrected chi connectivity index (χ0v) is 17.7. The number of amides is 1. The van der Waals surface area contributed by atoms with E-state index in [9.17, 15) is 13.2 Å². The second-order valence-corrected chi connectivity index (χ2v) is 9.30. The van der Waals surface area contributed by atoms with Crippen LogP contribution in [0.1, 0.15) is 43.4 Å². The molecule has 1 atom stereocenters. The van der Waals surface area contributed by atoms with Gasteiger partial charge in [-0.15, -0.1) is 0 Å². The van der Waals surface area contributed by atoms with E-state index < -0.39 is 10.2 Å². The van der Waals surface area contributed by atoms with Gasteiger partial charge in [0.1, 0.15) is 5.75 Å². The molecule has 7 nitrogen and oxygen atoms in total. The van der Waals surface area contributed by atoms with Gasteiger partial charge in [-0.3, -0.25) is 4.79 Å². The molecule has 152 valence electrons. The third-order valence-corrected chi connectivity index (χ3v) is 7.10. The third kappa shape index (κ3) is 5.00. The molecule has 0 unspecified atom stereocenters. The molecule has 1 aliphatic rings. The van der Waals surface area contributed by atoms with E-state index in [-0.39, 0.29) is 17.9 Å². The van der Waals surface area contributed by atoms with Crippen LogP contribution >= 0.6 is 0 Å². The first-order valence-corrected chi connectivity index (χ1v) is 10.7. The average Bonchev–Trinajstić information content (AvgIpc) is 2.65. The molecule has 1 aromatic rings. The van der Waals surface area contributed by atoms with Gasteiger partial charge in [-0.05, 0) is 43.4 Å². The van der Waals surface area contributed by atoms with Crippen LogP contribution in [-0.2, 0) is 15.0 Å². The van der Waals surface area contributed by atoms with E-state index in [1.54, 1.807) is 7.11 Å².